The van der Waals surface area contributed by atoms with Gasteiger partial charge in [-0.05, 0) is 24.4 Å². The molecule has 0 atom stereocenters. The molecule has 1 aromatic rings. The van der Waals surface area contributed by atoms with E-state index in [1.807, 2.05) is 12.2 Å². The van der Waals surface area contributed by atoms with Crippen LogP contribution in [0, 0.1) is 4.77 Å². The molecular formula is C6H4N2S2. The Hall–Kier alpha value is -0.740. The topological polar surface area (TPSA) is 31.6 Å². The molecule has 0 aliphatic heterocycles. The molecule has 1 heterocycles. The highest BCUT2D eigenvalue weighted by Crippen LogP contribution is 2.15. The number of H-pyrrole nitrogens is 2. The van der Waals surface area contributed by atoms with Crippen molar-refractivity contribution in [1.82, 2.24) is 9.97 Å². The average Bonchev–Trinajstić information content (AvgIpc) is 2.35. The summed E-state index contributed by atoms with van der Waals surface area (Å²) in [4.78, 5) is 6.76. The van der Waals surface area contributed by atoms with Gasteiger partial charge in [0.2, 0.25) is 0 Å². The third-order valence-corrected chi connectivity index (χ3v) is 1.95. The molecule has 0 fully saturated rings. The molecule has 0 saturated heterocycles. The SMILES string of the molecule is S=C1C=Cc2[nH]c(=S)[nH]c21. The van der Waals surface area contributed by atoms with Crippen molar-refractivity contribution in [2.45, 2.75) is 0 Å². The molecule has 50 valence electrons. The van der Waals surface area contributed by atoms with E-state index in [-0.39, 0.29) is 0 Å². The van der Waals surface area contributed by atoms with E-state index in [0.717, 1.165) is 16.3 Å². The first kappa shape index (κ1) is 6.00. The highest BCUT2D eigenvalue weighted by Gasteiger charge is 2.11. The van der Waals surface area contributed by atoms with Crippen LogP contribution in [0.25, 0.3) is 6.08 Å². The van der Waals surface area contributed by atoms with Gasteiger partial charge in [0.25, 0.3) is 0 Å². The Morgan fingerprint density at radius 2 is 1.90 bits per heavy atom. The number of nitrogens with one attached hydrogen (secondary N) is 2. The van der Waals surface area contributed by atoms with Crippen molar-refractivity contribution < 1.29 is 0 Å². The second-order valence-corrected chi connectivity index (χ2v) is 2.91. The third-order valence-electron chi connectivity index (χ3n) is 1.40. The monoisotopic (exact) mass is 168 g/mol. The maximum atomic E-state index is 5.00. The zero-order valence-electron chi connectivity index (χ0n) is 4.97. The highest BCUT2D eigenvalue weighted by molar-refractivity contribution is 7.81. The summed E-state index contributed by atoms with van der Waals surface area (Å²) in [5.41, 5.74) is 1.94. The summed E-state index contributed by atoms with van der Waals surface area (Å²) in [6, 6.07) is 0. The number of allylic oxidation sites excluding steroid dienone is 1. The van der Waals surface area contributed by atoms with Crippen LogP contribution in [0.3, 0.4) is 0 Å². The van der Waals surface area contributed by atoms with E-state index in [0.29, 0.717) is 4.77 Å². The molecule has 0 bridgehead atoms. The van der Waals surface area contributed by atoms with Crippen LogP contribution in [0.1, 0.15) is 11.4 Å². The van der Waals surface area contributed by atoms with E-state index in [2.05, 4.69) is 9.97 Å². The lowest BCUT2D eigenvalue weighted by Crippen LogP contribution is -1.87. The number of thiocarbonyl (C=S) groups is 1. The number of imidazole rings is 1. The molecule has 2 nitrogen and oxygen atoms in total. The molecule has 0 radical (unpaired) electrons. The van der Waals surface area contributed by atoms with Crippen molar-refractivity contribution in [3.05, 3.63) is 22.2 Å². The molecule has 10 heavy (non-hydrogen) atoms. The Balaban J connectivity index is 2.80. The van der Waals surface area contributed by atoms with Crippen LogP contribution >= 0.6 is 24.4 Å². The molecule has 0 spiro atoms. The Bertz CT molecular complexity index is 369. The molecule has 1 aliphatic rings. The van der Waals surface area contributed by atoms with Crippen LogP contribution in [-0.4, -0.2) is 14.8 Å². The van der Waals surface area contributed by atoms with Crippen LogP contribution in [-0.2, 0) is 0 Å². The summed E-state index contributed by atoms with van der Waals surface area (Å²) in [7, 11) is 0. The Morgan fingerprint density at radius 3 is 2.60 bits per heavy atom. The van der Waals surface area contributed by atoms with E-state index in [4.69, 9.17) is 24.4 Å². The van der Waals surface area contributed by atoms with Gasteiger partial charge in [-0.1, -0.05) is 12.2 Å². The van der Waals surface area contributed by atoms with Gasteiger partial charge in [-0.2, -0.15) is 0 Å². The Labute approximate surface area is 68.0 Å². The fourth-order valence-corrected chi connectivity index (χ4v) is 1.40. The fraction of sp³-hybridized carbons (Fsp3) is 0. The smallest absolute Gasteiger partial charge is 0.175 e. The molecule has 0 saturated carbocycles. The first-order valence-electron chi connectivity index (χ1n) is 2.82. The van der Waals surface area contributed by atoms with E-state index in [1.165, 1.54) is 0 Å². The van der Waals surface area contributed by atoms with Gasteiger partial charge in [0.05, 0.1) is 16.3 Å². The minimum atomic E-state index is 0.636. The van der Waals surface area contributed by atoms with Gasteiger partial charge >= 0.3 is 0 Å². The summed E-state index contributed by atoms with van der Waals surface area (Å²) in [5.74, 6) is 0. The minimum absolute atomic E-state index is 0.636. The number of rotatable bonds is 0. The summed E-state index contributed by atoms with van der Waals surface area (Å²) in [6.45, 7) is 0. The Kier molecular flexibility index (Phi) is 1.12. The largest absolute Gasteiger partial charge is 0.331 e. The van der Waals surface area contributed by atoms with Crippen LogP contribution in [0.2, 0.25) is 0 Å². The van der Waals surface area contributed by atoms with Gasteiger partial charge in [-0.15, -0.1) is 0 Å². The molecule has 0 aromatic carbocycles. The van der Waals surface area contributed by atoms with Crippen molar-refractivity contribution in [2.24, 2.45) is 0 Å². The molecule has 1 aromatic heterocycles. The molecule has 2 N–H and O–H groups in total. The quantitative estimate of drug-likeness (QED) is 0.579. The van der Waals surface area contributed by atoms with Gasteiger partial charge in [0, 0.05) is 0 Å². The summed E-state index contributed by atoms with van der Waals surface area (Å²) < 4.78 is 0.636. The molecule has 2 rings (SSSR count). The lowest BCUT2D eigenvalue weighted by atomic mass is 10.4. The standard InChI is InChI=1S/C6H4N2S2/c9-4-2-1-3-5(4)8-6(10)7-3/h1-2H,(H2,7,8,10). The van der Waals surface area contributed by atoms with Crippen molar-refractivity contribution in [1.29, 1.82) is 0 Å². The summed E-state index contributed by atoms with van der Waals surface area (Å²) in [6.07, 6.45) is 3.80. The van der Waals surface area contributed by atoms with Gasteiger partial charge in [-0.3, -0.25) is 0 Å². The number of aromatic nitrogens is 2. The van der Waals surface area contributed by atoms with Crippen molar-refractivity contribution in [2.75, 3.05) is 0 Å². The number of fused-ring (bicyclic) bond motifs is 1. The zero-order valence-corrected chi connectivity index (χ0v) is 6.60. The molecule has 1 aliphatic carbocycles. The van der Waals surface area contributed by atoms with Crippen molar-refractivity contribution in [3.63, 3.8) is 0 Å². The second-order valence-electron chi connectivity index (χ2n) is 2.07. The van der Waals surface area contributed by atoms with E-state index in [9.17, 15) is 0 Å². The maximum absolute atomic E-state index is 5.00. The average molecular weight is 168 g/mol. The summed E-state index contributed by atoms with van der Waals surface area (Å²) in [5, 5.41) is 0. The minimum Gasteiger partial charge on any atom is -0.331 e. The predicted octanol–water partition coefficient (Wildman–Crippen LogP) is 1.82. The molecule has 0 unspecified atom stereocenters. The second kappa shape index (κ2) is 1.87. The lowest BCUT2D eigenvalue weighted by Gasteiger charge is -1.83. The normalized spacial score (nSPS) is 14.2. The third kappa shape index (κ3) is 0.693. The predicted molar refractivity (Wildman–Crippen MR) is 46.7 cm³/mol. The van der Waals surface area contributed by atoms with Gasteiger partial charge < -0.3 is 9.97 Å². The van der Waals surface area contributed by atoms with Crippen LogP contribution in [0.15, 0.2) is 6.08 Å². The number of hydrogen-bond donors (Lipinski definition) is 2. The summed E-state index contributed by atoms with van der Waals surface area (Å²) >= 11 is 9.87. The maximum Gasteiger partial charge on any atom is 0.175 e. The molecule has 0 amide bonds. The van der Waals surface area contributed by atoms with Crippen molar-refractivity contribution >= 4 is 35.4 Å². The fourth-order valence-electron chi connectivity index (χ4n) is 0.959. The van der Waals surface area contributed by atoms with Gasteiger partial charge in [-0.25, -0.2) is 0 Å². The van der Waals surface area contributed by atoms with Gasteiger partial charge in [0.15, 0.2) is 4.77 Å². The zero-order chi connectivity index (χ0) is 7.14. The lowest BCUT2D eigenvalue weighted by molar-refractivity contribution is 1.26. The number of aromatic amines is 2. The van der Waals surface area contributed by atoms with Crippen LogP contribution in [0.4, 0.5) is 0 Å². The first-order valence-corrected chi connectivity index (χ1v) is 3.64. The first-order chi connectivity index (χ1) is 4.77. The number of hydrogen-bond acceptors (Lipinski definition) is 2. The van der Waals surface area contributed by atoms with Crippen molar-refractivity contribution in [3.8, 4) is 0 Å². The molecular weight excluding hydrogens is 164 g/mol. The van der Waals surface area contributed by atoms with Crippen LogP contribution < -0.4 is 0 Å². The van der Waals surface area contributed by atoms with Gasteiger partial charge in [0.1, 0.15) is 0 Å². The Morgan fingerprint density at radius 1 is 1.10 bits per heavy atom. The van der Waals surface area contributed by atoms with E-state index in [1.54, 1.807) is 0 Å². The molecule has 4 heteroatoms. The highest BCUT2D eigenvalue weighted by atomic mass is 32.1. The van der Waals surface area contributed by atoms with E-state index < -0.39 is 0 Å². The van der Waals surface area contributed by atoms with Crippen LogP contribution in [0.5, 0.6) is 0 Å². The van der Waals surface area contributed by atoms with E-state index >= 15 is 0 Å².